The average molecular weight is 482 g/mol. The summed E-state index contributed by atoms with van der Waals surface area (Å²) >= 11 is 3.28. The first-order valence-corrected chi connectivity index (χ1v) is 9.72. The number of nitrogens with two attached hydrogens (primary N) is 1. The van der Waals surface area contributed by atoms with Crippen molar-refractivity contribution in [3.05, 3.63) is 50.5 Å². The van der Waals surface area contributed by atoms with E-state index < -0.39 is 23.3 Å². The SMILES string of the molecule is Nc1nccn(Cc2cc3c(cc2Br)C(C#CC2CC2)(C(F)(F)F)NC(=O)N3)c1=O. The van der Waals surface area contributed by atoms with Crippen molar-refractivity contribution in [2.45, 2.75) is 31.1 Å². The maximum absolute atomic E-state index is 14.2. The Morgan fingerprint density at radius 3 is 2.73 bits per heavy atom. The summed E-state index contributed by atoms with van der Waals surface area (Å²) in [5.41, 5.74) is 2.38. The summed E-state index contributed by atoms with van der Waals surface area (Å²) in [6.07, 6.45) is -0.611. The number of carbonyl (C=O) groups is 1. The number of alkyl halides is 3. The van der Waals surface area contributed by atoms with Crippen LogP contribution in [0.4, 0.5) is 29.5 Å². The molecule has 11 heteroatoms. The second kappa shape index (κ2) is 7.05. The molecule has 1 unspecified atom stereocenters. The van der Waals surface area contributed by atoms with Gasteiger partial charge in [-0.15, -0.1) is 0 Å². The summed E-state index contributed by atoms with van der Waals surface area (Å²) in [5, 5.41) is 4.38. The first-order valence-electron chi connectivity index (χ1n) is 8.93. The number of nitrogens with zero attached hydrogens (tertiary/aromatic N) is 2. The predicted octanol–water partition coefficient (Wildman–Crippen LogP) is 2.94. The van der Waals surface area contributed by atoms with Crippen molar-refractivity contribution in [1.82, 2.24) is 14.9 Å². The van der Waals surface area contributed by atoms with E-state index in [1.54, 1.807) is 0 Å². The maximum Gasteiger partial charge on any atom is 0.427 e. The molecule has 156 valence electrons. The number of nitrogen functional groups attached to an aromatic ring is 1. The van der Waals surface area contributed by atoms with Gasteiger partial charge in [0.05, 0.1) is 6.54 Å². The zero-order chi connectivity index (χ0) is 21.7. The molecule has 7 nitrogen and oxygen atoms in total. The molecule has 2 aromatic rings. The normalized spacial score (nSPS) is 20.5. The molecule has 0 saturated heterocycles. The third kappa shape index (κ3) is 3.52. The van der Waals surface area contributed by atoms with Crippen LogP contribution in [0.2, 0.25) is 0 Å². The second-order valence-corrected chi connectivity index (χ2v) is 7.96. The van der Waals surface area contributed by atoms with Gasteiger partial charge in [-0.05, 0) is 30.5 Å². The number of aromatic nitrogens is 2. The molecule has 30 heavy (non-hydrogen) atoms. The van der Waals surface area contributed by atoms with E-state index in [2.05, 4.69) is 38.1 Å². The van der Waals surface area contributed by atoms with Crippen LogP contribution in [-0.4, -0.2) is 21.8 Å². The molecule has 2 heterocycles. The van der Waals surface area contributed by atoms with E-state index >= 15 is 0 Å². The fourth-order valence-corrected chi connectivity index (χ4v) is 3.62. The molecular weight excluding hydrogens is 467 g/mol. The van der Waals surface area contributed by atoms with Crippen molar-refractivity contribution in [3.8, 4) is 11.8 Å². The summed E-state index contributed by atoms with van der Waals surface area (Å²) in [6, 6.07) is 1.64. The van der Waals surface area contributed by atoms with Crippen LogP contribution in [0, 0.1) is 17.8 Å². The molecule has 0 spiro atoms. The monoisotopic (exact) mass is 481 g/mol. The molecule has 1 fully saturated rings. The Morgan fingerprint density at radius 1 is 1.33 bits per heavy atom. The number of halogens is 4. The maximum atomic E-state index is 14.2. The molecule has 0 bridgehead atoms. The third-order valence-electron chi connectivity index (χ3n) is 4.89. The molecule has 4 N–H and O–H groups in total. The van der Waals surface area contributed by atoms with Gasteiger partial charge in [-0.25, -0.2) is 9.78 Å². The van der Waals surface area contributed by atoms with Crippen LogP contribution in [0.25, 0.3) is 0 Å². The highest BCUT2D eigenvalue weighted by Gasteiger charge is 2.59. The number of hydrogen-bond donors (Lipinski definition) is 3. The first-order chi connectivity index (χ1) is 14.1. The highest BCUT2D eigenvalue weighted by atomic mass is 79.9. The Kier molecular flexibility index (Phi) is 4.77. The van der Waals surface area contributed by atoms with E-state index in [1.807, 2.05) is 5.32 Å². The summed E-state index contributed by atoms with van der Waals surface area (Å²) in [5.74, 6) is 4.63. The number of rotatable bonds is 2. The smallest absolute Gasteiger partial charge is 0.379 e. The Morgan fingerprint density at radius 2 is 2.07 bits per heavy atom. The number of carbonyl (C=O) groups excluding carboxylic acids is 1. The molecule has 1 aliphatic carbocycles. The fraction of sp³-hybridized carbons (Fsp3) is 0.316. The number of benzene rings is 1. The Labute approximate surface area is 177 Å². The van der Waals surface area contributed by atoms with Crippen LogP contribution in [0.3, 0.4) is 0 Å². The summed E-state index contributed by atoms with van der Waals surface area (Å²) in [7, 11) is 0. The van der Waals surface area contributed by atoms with Crippen molar-refractivity contribution in [2.24, 2.45) is 5.92 Å². The van der Waals surface area contributed by atoms with Gasteiger partial charge >= 0.3 is 12.2 Å². The molecule has 2 amide bonds. The van der Waals surface area contributed by atoms with Crippen LogP contribution in [-0.2, 0) is 12.1 Å². The second-order valence-electron chi connectivity index (χ2n) is 7.11. The number of hydrogen-bond acceptors (Lipinski definition) is 4. The molecule has 1 atom stereocenters. The lowest BCUT2D eigenvalue weighted by Crippen LogP contribution is -2.59. The number of amides is 2. The van der Waals surface area contributed by atoms with Gasteiger partial charge in [-0.3, -0.25) is 4.79 Å². The van der Waals surface area contributed by atoms with Gasteiger partial charge in [0.1, 0.15) is 0 Å². The van der Waals surface area contributed by atoms with Gasteiger partial charge < -0.3 is 20.9 Å². The van der Waals surface area contributed by atoms with Gasteiger partial charge in [-0.2, -0.15) is 13.2 Å². The molecule has 1 aromatic heterocycles. The first kappa shape index (κ1) is 20.3. The van der Waals surface area contributed by atoms with Gasteiger partial charge in [0.25, 0.3) is 5.56 Å². The molecule has 1 aromatic carbocycles. The topological polar surface area (TPSA) is 102 Å². The Balaban J connectivity index is 1.84. The van der Waals surface area contributed by atoms with Crippen LogP contribution >= 0.6 is 15.9 Å². The zero-order valence-corrected chi connectivity index (χ0v) is 16.9. The molecular formula is C19H15BrF3N5O2. The van der Waals surface area contributed by atoms with Gasteiger partial charge in [0, 0.05) is 34.0 Å². The van der Waals surface area contributed by atoms with E-state index in [4.69, 9.17) is 5.73 Å². The largest absolute Gasteiger partial charge is 0.427 e. The van der Waals surface area contributed by atoms with Crippen molar-refractivity contribution >= 4 is 33.5 Å². The van der Waals surface area contributed by atoms with Crippen molar-refractivity contribution in [1.29, 1.82) is 0 Å². The van der Waals surface area contributed by atoms with Crippen LogP contribution in [0.15, 0.2) is 33.8 Å². The van der Waals surface area contributed by atoms with E-state index in [9.17, 15) is 22.8 Å². The summed E-state index contributed by atoms with van der Waals surface area (Å²) in [6.45, 7) is 0.00941. The van der Waals surface area contributed by atoms with Crippen molar-refractivity contribution in [2.75, 3.05) is 11.1 Å². The minimum atomic E-state index is -4.85. The van der Waals surface area contributed by atoms with Gasteiger partial charge in [0.15, 0.2) is 5.82 Å². The minimum Gasteiger partial charge on any atom is -0.379 e. The average Bonchev–Trinajstić information content (AvgIpc) is 3.48. The van der Waals surface area contributed by atoms with Crippen LogP contribution in [0.5, 0.6) is 0 Å². The molecule has 0 radical (unpaired) electrons. The molecule has 2 aliphatic rings. The van der Waals surface area contributed by atoms with Crippen molar-refractivity contribution in [3.63, 3.8) is 0 Å². The standard InChI is InChI=1S/C19H15BrF3N5O2/c20-13-8-12-14(7-11(13)9-28-6-5-25-15(24)16(28)29)26-17(30)27-18(12,19(21,22)23)4-3-10-1-2-10/h5-8,10H,1-2,9H2,(H2,24,25)(H2,26,27,30). The Hall–Kier alpha value is -3.00. The lowest BCUT2D eigenvalue weighted by molar-refractivity contribution is -0.178. The van der Waals surface area contributed by atoms with Crippen molar-refractivity contribution < 1.29 is 18.0 Å². The highest BCUT2D eigenvalue weighted by Crippen LogP contribution is 2.45. The predicted molar refractivity (Wildman–Crippen MR) is 107 cm³/mol. The zero-order valence-electron chi connectivity index (χ0n) is 15.3. The van der Waals surface area contributed by atoms with E-state index in [0.29, 0.717) is 10.0 Å². The van der Waals surface area contributed by atoms with Crippen LogP contribution in [0.1, 0.15) is 24.0 Å². The molecule has 1 saturated carbocycles. The number of anilines is 2. The number of fused-ring (bicyclic) bond motifs is 1. The minimum absolute atomic E-state index is 0.00941. The number of nitrogens with one attached hydrogen (secondary N) is 2. The molecule has 1 aliphatic heterocycles. The lowest BCUT2D eigenvalue weighted by Gasteiger charge is -2.37. The third-order valence-corrected chi connectivity index (χ3v) is 5.63. The Bertz CT molecular complexity index is 1160. The lowest BCUT2D eigenvalue weighted by atomic mass is 9.85. The van der Waals surface area contributed by atoms with Gasteiger partial charge in [0.2, 0.25) is 5.54 Å². The fourth-order valence-electron chi connectivity index (χ4n) is 3.15. The number of urea groups is 1. The molecule has 4 rings (SSSR count). The van der Waals surface area contributed by atoms with Gasteiger partial charge in [-0.1, -0.05) is 27.8 Å². The summed E-state index contributed by atoms with van der Waals surface area (Å²) < 4.78 is 44.1. The van der Waals surface area contributed by atoms with E-state index in [-0.39, 0.29) is 29.5 Å². The highest BCUT2D eigenvalue weighted by molar-refractivity contribution is 9.10. The summed E-state index contributed by atoms with van der Waals surface area (Å²) in [4.78, 5) is 27.9. The van der Waals surface area contributed by atoms with Crippen LogP contribution < -0.4 is 21.9 Å². The van der Waals surface area contributed by atoms with E-state index in [1.165, 1.54) is 29.1 Å². The van der Waals surface area contributed by atoms with E-state index in [0.717, 1.165) is 12.8 Å². The quantitative estimate of drug-likeness (QED) is 0.573.